The molecule has 21 heavy (non-hydrogen) atoms. The van der Waals surface area contributed by atoms with E-state index in [1.54, 1.807) is 23.3 Å². The van der Waals surface area contributed by atoms with Crippen molar-refractivity contribution in [2.75, 3.05) is 5.73 Å². The summed E-state index contributed by atoms with van der Waals surface area (Å²) < 4.78 is 13.3. The number of hydrogen-bond donors (Lipinski definition) is 1. The van der Waals surface area contributed by atoms with Gasteiger partial charge < -0.3 is 14.6 Å². The van der Waals surface area contributed by atoms with Crippen molar-refractivity contribution in [1.82, 2.24) is 14.8 Å². The minimum Gasteiger partial charge on any atom is -0.446 e. The number of aromatic nitrogens is 3. The molecule has 0 bridgehead atoms. The van der Waals surface area contributed by atoms with Gasteiger partial charge in [0, 0.05) is 6.20 Å². The highest BCUT2D eigenvalue weighted by Gasteiger charge is 2.37. The first kappa shape index (κ1) is 15.8. The lowest BCUT2D eigenvalue weighted by Crippen LogP contribution is -2.40. The predicted molar refractivity (Wildman–Crippen MR) is 84.2 cm³/mol. The molecule has 0 radical (unpaired) electrons. The van der Waals surface area contributed by atoms with Gasteiger partial charge in [-0.1, -0.05) is 20.8 Å². The summed E-state index contributed by atoms with van der Waals surface area (Å²) in [5.41, 5.74) is 7.08. The first-order valence-electron chi connectivity index (χ1n) is 7.02. The molecule has 0 aliphatic carbocycles. The lowest BCUT2D eigenvalue weighted by atomic mass is 10.2. The Hall–Kier alpha value is -1.60. The van der Waals surface area contributed by atoms with Crippen molar-refractivity contribution in [1.29, 1.82) is 0 Å². The van der Waals surface area contributed by atoms with Gasteiger partial charge in [-0.25, -0.2) is 4.98 Å². The summed E-state index contributed by atoms with van der Waals surface area (Å²) in [6.07, 6.45) is 5.02. The smallest absolute Gasteiger partial charge is 0.218 e. The van der Waals surface area contributed by atoms with Crippen molar-refractivity contribution < 1.29 is 8.84 Å². The molecule has 0 aromatic carbocycles. The van der Waals surface area contributed by atoms with Crippen LogP contribution in [-0.2, 0) is 17.6 Å². The number of rotatable bonds is 5. The van der Waals surface area contributed by atoms with Crippen LogP contribution in [0, 0.1) is 0 Å². The Morgan fingerprint density at radius 1 is 1.38 bits per heavy atom. The van der Waals surface area contributed by atoms with Crippen LogP contribution in [0.15, 0.2) is 23.1 Å². The summed E-state index contributed by atoms with van der Waals surface area (Å²) in [6.45, 7) is 12.0. The number of nitrogens with zero attached hydrogens (tertiary/aromatic N) is 3. The quantitative estimate of drug-likeness (QED) is 0.859. The van der Waals surface area contributed by atoms with E-state index < -0.39 is 8.32 Å². The predicted octanol–water partition coefficient (Wildman–Crippen LogP) is 3.02. The van der Waals surface area contributed by atoms with Crippen LogP contribution >= 0.6 is 0 Å². The number of nitrogen functional groups attached to an aromatic ring is 1. The second kappa shape index (κ2) is 5.65. The van der Waals surface area contributed by atoms with E-state index in [0.717, 1.165) is 5.69 Å². The maximum atomic E-state index is 6.09. The van der Waals surface area contributed by atoms with E-state index in [1.807, 2.05) is 0 Å². The van der Waals surface area contributed by atoms with Gasteiger partial charge in [0.1, 0.15) is 18.6 Å². The maximum Gasteiger partial charge on any atom is 0.218 e. The Morgan fingerprint density at radius 2 is 2.10 bits per heavy atom. The van der Waals surface area contributed by atoms with Gasteiger partial charge in [0.2, 0.25) is 5.89 Å². The molecule has 0 aliphatic rings. The van der Waals surface area contributed by atoms with Gasteiger partial charge in [-0.3, -0.25) is 4.68 Å². The van der Waals surface area contributed by atoms with Crippen molar-refractivity contribution in [3.63, 3.8) is 0 Å². The summed E-state index contributed by atoms with van der Waals surface area (Å²) in [5.74, 6) is 0.606. The first-order chi connectivity index (χ1) is 9.67. The Labute approximate surface area is 126 Å². The van der Waals surface area contributed by atoms with E-state index in [2.05, 4.69) is 43.9 Å². The van der Waals surface area contributed by atoms with E-state index in [-0.39, 0.29) is 5.04 Å². The van der Waals surface area contributed by atoms with Gasteiger partial charge in [-0.2, -0.15) is 5.10 Å². The summed E-state index contributed by atoms with van der Waals surface area (Å²) in [7, 11) is -1.78. The normalized spacial score (nSPS) is 12.8. The molecule has 6 nitrogen and oxygen atoms in total. The Balaban J connectivity index is 1.94. The zero-order valence-corrected chi connectivity index (χ0v) is 14.4. The average Bonchev–Trinajstić information content (AvgIpc) is 2.95. The van der Waals surface area contributed by atoms with Gasteiger partial charge in [0.05, 0.1) is 18.4 Å². The molecule has 0 saturated heterocycles. The van der Waals surface area contributed by atoms with E-state index in [9.17, 15) is 0 Å². The molecule has 2 rings (SSSR count). The van der Waals surface area contributed by atoms with Crippen LogP contribution in [0.1, 0.15) is 32.4 Å². The molecule has 2 heterocycles. The molecule has 116 valence electrons. The fourth-order valence-corrected chi connectivity index (χ4v) is 2.50. The van der Waals surface area contributed by atoms with Crippen molar-refractivity contribution in [2.45, 2.75) is 52.1 Å². The summed E-state index contributed by atoms with van der Waals surface area (Å²) in [4.78, 5) is 4.43. The van der Waals surface area contributed by atoms with Gasteiger partial charge in [-0.15, -0.1) is 0 Å². The monoisotopic (exact) mass is 308 g/mol. The molecule has 7 heteroatoms. The van der Waals surface area contributed by atoms with Gasteiger partial charge in [0.25, 0.3) is 0 Å². The molecule has 0 atom stereocenters. The third-order valence-electron chi connectivity index (χ3n) is 3.94. The molecule has 2 aromatic heterocycles. The molecular weight excluding hydrogens is 284 g/mol. The number of oxazole rings is 1. The third-order valence-corrected chi connectivity index (χ3v) is 8.42. The van der Waals surface area contributed by atoms with Crippen LogP contribution < -0.4 is 5.73 Å². The third kappa shape index (κ3) is 3.95. The highest BCUT2D eigenvalue weighted by atomic mass is 28.4. The summed E-state index contributed by atoms with van der Waals surface area (Å²) >= 11 is 0. The van der Waals surface area contributed by atoms with Crippen LogP contribution in [-0.4, -0.2) is 23.1 Å². The van der Waals surface area contributed by atoms with Crippen LogP contribution in [0.5, 0.6) is 0 Å². The van der Waals surface area contributed by atoms with Crippen LogP contribution in [0.3, 0.4) is 0 Å². The molecule has 0 spiro atoms. The molecule has 0 unspecified atom stereocenters. The van der Waals surface area contributed by atoms with Gasteiger partial charge in [-0.05, 0) is 18.1 Å². The maximum absolute atomic E-state index is 6.09. The van der Waals surface area contributed by atoms with Crippen LogP contribution in [0.2, 0.25) is 18.1 Å². The van der Waals surface area contributed by atoms with Crippen LogP contribution in [0.4, 0.5) is 5.69 Å². The van der Waals surface area contributed by atoms with Gasteiger partial charge in [0.15, 0.2) is 8.32 Å². The van der Waals surface area contributed by atoms with Gasteiger partial charge >= 0.3 is 0 Å². The second-order valence-electron chi connectivity index (χ2n) is 6.75. The standard InChI is InChI=1S/C14H24N4O2Si/c1-14(2,3)21(4,5)20-10-13-17-12(9-19-13)8-18-7-11(15)6-16-18/h6-7,9H,8,10,15H2,1-5H3. The zero-order valence-electron chi connectivity index (χ0n) is 13.4. The summed E-state index contributed by atoms with van der Waals surface area (Å²) in [5, 5.41) is 4.30. The molecule has 2 N–H and O–H groups in total. The Kier molecular flexibility index (Phi) is 4.24. The zero-order chi connectivity index (χ0) is 15.7. The molecule has 2 aromatic rings. The molecule has 0 saturated carbocycles. The number of nitrogens with two attached hydrogens (primary N) is 1. The van der Waals surface area contributed by atoms with E-state index in [0.29, 0.717) is 24.7 Å². The molecule has 0 amide bonds. The molecule has 0 aliphatic heterocycles. The van der Waals surface area contributed by atoms with Crippen molar-refractivity contribution in [2.24, 2.45) is 0 Å². The van der Waals surface area contributed by atoms with Crippen molar-refractivity contribution in [3.05, 3.63) is 30.2 Å². The highest BCUT2D eigenvalue weighted by molar-refractivity contribution is 6.74. The fraction of sp³-hybridized carbons (Fsp3) is 0.571. The van der Waals surface area contributed by atoms with Crippen LogP contribution in [0.25, 0.3) is 0 Å². The second-order valence-corrected chi connectivity index (χ2v) is 11.6. The highest BCUT2D eigenvalue weighted by Crippen LogP contribution is 2.36. The Bertz CT molecular complexity index is 598. The fourth-order valence-electron chi connectivity index (χ4n) is 1.58. The lowest BCUT2D eigenvalue weighted by Gasteiger charge is -2.35. The van der Waals surface area contributed by atoms with E-state index >= 15 is 0 Å². The number of anilines is 1. The van der Waals surface area contributed by atoms with Crippen molar-refractivity contribution >= 4 is 14.0 Å². The molecular formula is C14H24N4O2Si. The summed E-state index contributed by atoms with van der Waals surface area (Å²) in [6, 6.07) is 0. The average molecular weight is 308 g/mol. The van der Waals surface area contributed by atoms with E-state index in [1.165, 1.54) is 0 Å². The Morgan fingerprint density at radius 3 is 2.67 bits per heavy atom. The van der Waals surface area contributed by atoms with E-state index in [4.69, 9.17) is 14.6 Å². The topological polar surface area (TPSA) is 79.1 Å². The van der Waals surface area contributed by atoms with Crippen molar-refractivity contribution in [3.8, 4) is 0 Å². The minimum absolute atomic E-state index is 0.176. The largest absolute Gasteiger partial charge is 0.446 e. The molecule has 0 fully saturated rings. The number of hydrogen-bond acceptors (Lipinski definition) is 5. The minimum atomic E-state index is -1.78. The SMILES string of the molecule is CC(C)(C)[Si](C)(C)OCc1nc(Cn2cc(N)cn2)co1. The first-order valence-corrected chi connectivity index (χ1v) is 9.93. The lowest BCUT2D eigenvalue weighted by molar-refractivity contribution is 0.240.